The average Bonchev–Trinajstić information content (AvgIpc) is 2.89. The molecule has 2 aromatic rings. The minimum Gasteiger partial charge on any atom is -0.387 e. The molecular weight excluding hydrogens is 312 g/mol. The van der Waals surface area contributed by atoms with Crippen LogP contribution in [0.4, 0.5) is 0 Å². The Kier molecular flexibility index (Phi) is 5.60. The van der Waals surface area contributed by atoms with Crippen LogP contribution in [0.15, 0.2) is 29.4 Å². The summed E-state index contributed by atoms with van der Waals surface area (Å²) in [6, 6.07) is 6.99. The quantitative estimate of drug-likeness (QED) is 0.703. The van der Waals surface area contributed by atoms with E-state index in [0.29, 0.717) is 21.6 Å². The van der Waals surface area contributed by atoms with Gasteiger partial charge in [0.15, 0.2) is 0 Å². The normalized spacial score (nSPS) is 12.1. The summed E-state index contributed by atoms with van der Waals surface area (Å²) < 4.78 is 0. The van der Waals surface area contributed by atoms with E-state index in [0.717, 1.165) is 0 Å². The van der Waals surface area contributed by atoms with Gasteiger partial charge in [-0.15, -0.1) is 5.10 Å². The fourth-order valence-corrected chi connectivity index (χ4v) is 2.57. The zero-order valence-electron chi connectivity index (χ0n) is 11.3. The minimum absolute atomic E-state index is 0.107. The van der Waals surface area contributed by atoms with Crippen molar-refractivity contribution in [2.24, 2.45) is 0 Å². The first kappa shape index (κ1) is 15.8. The number of aromatic nitrogens is 3. The van der Waals surface area contributed by atoms with Crippen molar-refractivity contribution < 1.29 is 9.90 Å². The molecule has 1 amide bonds. The molecule has 0 aliphatic rings. The van der Waals surface area contributed by atoms with Crippen molar-refractivity contribution in [1.29, 1.82) is 0 Å². The van der Waals surface area contributed by atoms with Gasteiger partial charge in [-0.1, -0.05) is 41.6 Å². The van der Waals surface area contributed by atoms with Crippen molar-refractivity contribution in [2.45, 2.75) is 18.2 Å². The number of thioether (sulfide) groups is 1. The lowest BCUT2D eigenvalue weighted by Crippen LogP contribution is -2.29. The predicted molar refractivity (Wildman–Crippen MR) is 81.3 cm³/mol. The molecule has 0 aliphatic carbocycles. The van der Waals surface area contributed by atoms with Crippen LogP contribution in [0.1, 0.15) is 17.5 Å². The van der Waals surface area contributed by atoms with Crippen LogP contribution in [-0.2, 0) is 4.79 Å². The highest BCUT2D eigenvalue weighted by Gasteiger charge is 2.13. The van der Waals surface area contributed by atoms with E-state index in [4.69, 9.17) is 11.6 Å². The molecule has 1 aromatic heterocycles. The molecule has 1 heterocycles. The molecule has 1 atom stereocenters. The number of carbonyl (C=O) groups is 1. The second kappa shape index (κ2) is 7.44. The zero-order chi connectivity index (χ0) is 15.2. The summed E-state index contributed by atoms with van der Waals surface area (Å²) >= 11 is 7.21. The molecule has 0 fully saturated rings. The van der Waals surface area contributed by atoms with E-state index >= 15 is 0 Å². The summed E-state index contributed by atoms with van der Waals surface area (Å²) in [6.45, 7) is 1.90. The number of aryl methyl sites for hydroxylation is 1. The predicted octanol–water partition coefficient (Wildman–Crippen LogP) is 1.71. The lowest BCUT2D eigenvalue weighted by molar-refractivity contribution is -0.119. The third-order valence-electron chi connectivity index (χ3n) is 2.67. The van der Waals surface area contributed by atoms with Crippen molar-refractivity contribution in [3.63, 3.8) is 0 Å². The number of H-pyrrole nitrogens is 1. The lowest BCUT2D eigenvalue weighted by atomic mass is 10.1. The summed E-state index contributed by atoms with van der Waals surface area (Å²) in [6.07, 6.45) is -0.835. The van der Waals surface area contributed by atoms with Gasteiger partial charge >= 0.3 is 0 Å². The van der Waals surface area contributed by atoms with E-state index in [1.807, 2.05) is 0 Å². The summed E-state index contributed by atoms with van der Waals surface area (Å²) in [4.78, 5) is 15.8. The topological polar surface area (TPSA) is 90.9 Å². The molecule has 0 saturated heterocycles. The van der Waals surface area contributed by atoms with Crippen LogP contribution in [-0.4, -0.2) is 38.5 Å². The maximum Gasteiger partial charge on any atom is 0.230 e. The largest absolute Gasteiger partial charge is 0.387 e. The van der Waals surface area contributed by atoms with Gasteiger partial charge in [-0.05, 0) is 13.0 Å². The van der Waals surface area contributed by atoms with Crippen molar-refractivity contribution in [3.8, 4) is 0 Å². The van der Waals surface area contributed by atoms with Gasteiger partial charge < -0.3 is 10.4 Å². The lowest BCUT2D eigenvalue weighted by Gasteiger charge is -2.13. The number of benzene rings is 1. The summed E-state index contributed by atoms with van der Waals surface area (Å²) in [7, 11) is 0. The van der Waals surface area contributed by atoms with Crippen molar-refractivity contribution >= 4 is 29.3 Å². The first-order valence-corrected chi connectivity index (χ1v) is 7.63. The molecule has 112 valence electrons. The molecule has 1 aromatic carbocycles. The molecule has 0 radical (unpaired) electrons. The van der Waals surface area contributed by atoms with Crippen LogP contribution in [0.3, 0.4) is 0 Å². The Morgan fingerprint density at radius 2 is 2.29 bits per heavy atom. The molecular formula is C13H15ClN4O2S. The van der Waals surface area contributed by atoms with E-state index in [-0.39, 0.29) is 18.2 Å². The number of halogens is 1. The van der Waals surface area contributed by atoms with Crippen molar-refractivity contribution in [2.75, 3.05) is 12.3 Å². The van der Waals surface area contributed by atoms with Crippen LogP contribution in [0, 0.1) is 6.92 Å². The summed E-state index contributed by atoms with van der Waals surface area (Å²) in [5.41, 5.74) is 0.594. The van der Waals surface area contributed by atoms with Gasteiger partial charge in [-0.2, -0.15) is 0 Å². The Bertz CT molecular complexity index is 620. The number of hydrogen-bond acceptors (Lipinski definition) is 5. The molecule has 0 spiro atoms. The maximum absolute atomic E-state index is 11.7. The fourth-order valence-electron chi connectivity index (χ4n) is 1.63. The van der Waals surface area contributed by atoms with Crippen molar-refractivity contribution in [1.82, 2.24) is 20.5 Å². The van der Waals surface area contributed by atoms with Gasteiger partial charge in [0, 0.05) is 17.1 Å². The minimum atomic E-state index is -0.835. The highest BCUT2D eigenvalue weighted by Crippen LogP contribution is 2.21. The molecule has 2 rings (SSSR count). The Hall–Kier alpha value is -1.57. The number of carbonyl (C=O) groups excluding carboxylic acids is 1. The van der Waals surface area contributed by atoms with Crippen LogP contribution in [0.5, 0.6) is 0 Å². The first-order chi connectivity index (χ1) is 10.1. The number of aromatic amines is 1. The van der Waals surface area contributed by atoms with E-state index in [1.54, 1.807) is 31.2 Å². The molecule has 21 heavy (non-hydrogen) atoms. The Labute approximate surface area is 131 Å². The zero-order valence-corrected chi connectivity index (χ0v) is 12.9. The molecule has 0 bridgehead atoms. The number of hydrogen-bond donors (Lipinski definition) is 3. The number of aliphatic hydroxyl groups is 1. The third-order valence-corrected chi connectivity index (χ3v) is 3.86. The fraction of sp³-hybridized carbons (Fsp3) is 0.308. The van der Waals surface area contributed by atoms with Gasteiger partial charge in [0.1, 0.15) is 5.82 Å². The Balaban J connectivity index is 1.77. The van der Waals surface area contributed by atoms with E-state index in [1.165, 1.54) is 11.8 Å². The third kappa shape index (κ3) is 4.73. The van der Waals surface area contributed by atoms with E-state index < -0.39 is 6.10 Å². The summed E-state index contributed by atoms with van der Waals surface area (Å²) in [5.74, 6) is 0.688. The molecule has 6 nitrogen and oxygen atoms in total. The number of nitrogens with zero attached hydrogens (tertiary/aromatic N) is 2. The monoisotopic (exact) mass is 326 g/mol. The standard InChI is InChI=1S/C13H15ClN4O2S/c1-8-16-13(18-17-8)21-7-12(20)15-6-11(19)9-4-2-3-5-10(9)14/h2-5,11,19H,6-7H2,1H3,(H,15,20)(H,16,17,18). The molecule has 0 aliphatic heterocycles. The second-order valence-electron chi connectivity index (χ2n) is 4.33. The van der Waals surface area contributed by atoms with Gasteiger partial charge in [-0.25, -0.2) is 4.98 Å². The Morgan fingerprint density at radius 3 is 2.95 bits per heavy atom. The number of amides is 1. The number of rotatable bonds is 6. The first-order valence-electron chi connectivity index (χ1n) is 6.27. The maximum atomic E-state index is 11.7. The second-order valence-corrected chi connectivity index (χ2v) is 5.68. The van der Waals surface area contributed by atoms with Crippen LogP contribution >= 0.6 is 23.4 Å². The Morgan fingerprint density at radius 1 is 1.52 bits per heavy atom. The number of aliphatic hydroxyl groups excluding tert-OH is 1. The van der Waals surface area contributed by atoms with Gasteiger partial charge in [0.2, 0.25) is 11.1 Å². The van der Waals surface area contributed by atoms with Gasteiger partial charge in [0.05, 0.1) is 11.9 Å². The molecule has 0 saturated carbocycles. The van der Waals surface area contributed by atoms with Crippen LogP contribution in [0.2, 0.25) is 5.02 Å². The summed E-state index contributed by atoms with van der Waals surface area (Å²) in [5, 5.41) is 20.3. The SMILES string of the molecule is Cc1nc(SCC(=O)NCC(O)c2ccccc2Cl)n[nH]1. The van der Waals surface area contributed by atoms with Gasteiger partial charge in [0.25, 0.3) is 0 Å². The highest BCUT2D eigenvalue weighted by atomic mass is 35.5. The van der Waals surface area contributed by atoms with Crippen LogP contribution < -0.4 is 5.32 Å². The van der Waals surface area contributed by atoms with Crippen LogP contribution in [0.25, 0.3) is 0 Å². The van der Waals surface area contributed by atoms with E-state index in [9.17, 15) is 9.90 Å². The smallest absolute Gasteiger partial charge is 0.230 e. The highest BCUT2D eigenvalue weighted by molar-refractivity contribution is 7.99. The van der Waals surface area contributed by atoms with E-state index in [2.05, 4.69) is 20.5 Å². The van der Waals surface area contributed by atoms with Crippen molar-refractivity contribution in [3.05, 3.63) is 40.7 Å². The molecule has 8 heteroatoms. The molecule has 1 unspecified atom stereocenters. The molecule has 3 N–H and O–H groups in total. The average molecular weight is 327 g/mol. The van der Waals surface area contributed by atoms with Gasteiger partial charge in [-0.3, -0.25) is 9.89 Å². The number of nitrogens with one attached hydrogen (secondary N) is 2.